The number of allylic oxidation sites excluding steroid dienone is 2. The topological polar surface area (TPSA) is 45.4 Å². The first-order valence-corrected chi connectivity index (χ1v) is 8.22. The zero-order valence-corrected chi connectivity index (χ0v) is 10.5. The average molecular weight is 289 g/mol. The summed E-state index contributed by atoms with van der Waals surface area (Å²) in [5, 5.41) is 19.7. The van der Waals surface area contributed by atoms with Crippen LogP contribution in [0.15, 0.2) is 12.2 Å². The van der Waals surface area contributed by atoms with Crippen LogP contribution in [0.25, 0.3) is 0 Å². The van der Waals surface area contributed by atoms with E-state index in [2.05, 4.69) is 0 Å². The Morgan fingerprint density at radius 1 is 1.00 bits per heavy atom. The number of nitrogens with zero attached hydrogens (tertiary/aromatic N) is 1. The summed E-state index contributed by atoms with van der Waals surface area (Å²) in [5.74, 6) is -0.302. The summed E-state index contributed by atoms with van der Waals surface area (Å²) in [4.78, 5) is 0. The molecule has 15 heavy (non-hydrogen) atoms. The average Bonchev–Trinajstić information content (AvgIpc) is 2.39. The molecule has 3 nitrogen and oxygen atoms in total. The van der Waals surface area contributed by atoms with E-state index in [0.717, 1.165) is 3.97 Å². The molecule has 0 unspecified atom stereocenters. The van der Waals surface area contributed by atoms with E-state index in [1.165, 1.54) is 0 Å². The summed E-state index contributed by atoms with van der Waals surface area (Å²) in [6, 6.07) is 0. The van der Waals surface area contributed by atoms with Gasteiger partial charge in [-0.2, -0.15) is 0 Å². The number of halogens is 3. The highest BCUT2D eigenvalue weighted by Gasteiger charge is 2.30. The van der Waals surface area contributed by atoms with E-state index < -0.39 is 7.85 Å². The third-order valence-electron chi connectivity index (χ3n) is 2.31. The smallest absolute Gasteiger partial charge is 0.209 e. The van der Waals surface area contributed by atoms with Gasteiger partial charge in [0.2, 0.25) is 11.8 Å². The van der Waals surface area contributed by atoms with Crippen molar-refractivity contribution in [3.05, 3.63) is 23.3 Å². The lowest BCUT2D eigenvalue weighted by Gasteiger charge is -2.19. The Kier molecular flexibility index (Phi) is 2.79. The predicted molar refractivity (Wildman–Crippen MR) is 64.9 cm³/mol. The fraction of sp³-hybridized carbons (Fsp3) is 0.250. The van der Waals surface area contributed by atoms with E-state index in [1.54, 1.807) is 0 Å². The number of rotatable bonds is 1. The fourth-order valence-electron chi connectivity index (χ4n) is 1.64. The number of aromatic nitrogens is 1. The van der Waals surface area contributed by atoms with Gasteiger partial charge in [-0.3, -0.25) is 0 Å². The van der Waals surface area contributed by atoms with Gasteiger partial charge in [0.05, 0.1) is 7.85 Å². The summed E-state index contributed by atoms with van der Waals surface area (Å²) in [5.41, 5.74) is 1.27. The lowest BCUT2D eigenvalue weighted by Crippen LogP contribution is -1.92. The molecule has 0 spiro atoms. The minimum Gasteiger partial charge on any atom is -0.494 e. The maximum atomic E-state index is 9.83. The normalized spacial score (nSPS) is 16.5. The highest BCUT2D eigenvalue weighted by molar-refractivity contribution is 8.78. The molecule has 0 saturated heterocycles. The highest BCUT2D eigenvalue weighted by atomic mass is 36.2. The van der Waals surface area contributed by atoms with Gasteiger partial charge < -0.3 is 10.2 Å². The molecule has 0 saturated carbocycles. The van der Waals surface area contributed by atoms with Gasteiger partial charge in [-0.1, -0.05) is 12.2 Å². The van der Waals surface area contributed by atoms with Gasteiger partial charge in [0.15, 0.2) is 0 Å². The molecule has 84 valence electrons. The molecule has 0 aliphatic heterocycles. The molecule has 1 aromatic rings. The van der Waals surface area contributed by atoms with Crippen molar-refractivity contribution in [2.24, 2.45) is 0 Å². The molecule has 0 fully saturated rings. The van der Waals surface area contributed by atoms with Crippen molar-refractivity contribution in [2.45, 2.75) is 12.8 Å². The molecule has 1 aromatic heterocycles. The molecule has 0 amide bonds. The molecule has 0 bridgehead atoms. The Morgan fingerprint density at radius 2 is 1.40 bits per heavy atom. The molecule has 1 aliphatic carbocycles. The van der Waals surface area contributed by atoms with Gasteiger partial charge in [-0.25, -0.2) is 3.97 Å². The van der Waals surface area contributed by atoms with Gasteiger partial charge in [0.1, 0.15) is 0 Å². The second-order valence-electron chi connectivity index (χ2n) is 3.16. The zero-order chi connectivity index (χ0) is 11.2. The van der Waals surface area contributed by atoms with Crippen molar-refractivity contribution in [2.75, 3.05) is 0 Å². The zero-order valence-electron chi connectivity index (χ0n) is 7.45. The van der Waals surface area contributed by atoms with E-state index in [1.807, 2.05) is 12.2 Å². The number of fused-ring (bicyclic) bond motifs is 1. The molecular formula is C8H8Cl3NO2S. The molecular weight excluding hydrogens is 281 g/mol. The quantitative estimate of drug-likeness (QED) is 0.776. The van der Waals surface area contributed by atoms with Crippen molar-refractivity contribution < 1.29 is 10.2 Å². The van der Waals surface area contributed by atoms with Crippen LogP contribution in [0.5, 0.6) is 11.8 Å². The molecule has 0 aromatic carbocycles. The van der Waals surface area contributed by atoms with Gasteiger partial charge in [-0.05, 0) is 44.9 Å². The van der Waals surface area contributed by atoms with Crippen molar-refractivity contribution in [1.29, 1.82) is 0 Å². The van der Waals surface area contributed by atoms with Crippen LogP contribution in [-0.4, -0.2) is 14.2 Å². The van der Waals surface area contributed by atoms with E-state index in [9.17, 15) is 10.2 Å². The van der Waals surface area contributed by atoms with Gasteiger partial charge in [0, 0.05) is 11.1 Å². The summed E-state index contributed by atoms with van der Waals surface area (Å²) >= 11 is 0. The Hall–Kier alpha value is -0.160. The van der Waals surface area contributed by atoms with Crippen LogP contribution in [0.4, 0.5) is 0 Å². The third kappa shape index (κ3) is 1.80. The summed E-state index contributed by atoms with van der Waals surface area (Å²) in [7, 11) is 14.4. The molecule has 2 rings (SSSR count). The summed E-state index contributed by atoms with van der Waals surface area (Å²) in [6.07, 6.45) is 4.89. The van der Waals surface area contributed by atoms with Crippen molar-refractivity contribution in [3.63, 3.8) is 0 Å². The Labute approximate surface area is 102 Å². The SMILES string of the molecule is Oc1c2c(c(O)n1S(Cl)(Cl)Cl)CC=CC2. The first-order valence-electron chi connectivity index (χ1n) is 4.15. The second kappa shape index (κ2) is 3.70. The fourth-order valence-corrected chi connectivity index (χ4v) is 3.43. The first kappa shape index (κ1) is 11.3. The van der Waals surface area contributed by atoms with Crippen molar-refractivity contribution in [1.82, 2.24) is 3.97 Å². The lowest BCUT2D eigenvalue weighted by molar-refractivity contribution is 0.413. The van der Waals surface area contributed by atoms with E-state index in [-0.39, 0.29) is 11.8 Å². The number of hydrogen-bond acceptors (Lipinski definition) is 2. The molecule has 7 heteroatoms. The van der Waals surface area contributed by atoms with E-state index >= 15 is 0 Å². The lowest BCUT2D eigenvalue weighted by atomic mass is 10.0. The van der Waals surface area contributed by atoms with Crippen LogP contribution in [-0.2, 0) is 12.8 Å². The largest absolute Gasteiger partial charge is 0.494 e. The van der Waals surface area contributed by atoms with Crippen LogP contribution in [0.3, 0.4) is 0 Å². The maximum Gasteiger partial charge on any atom is 0.209 e. The van der Waals surface area contributed by atoms with Crippen LogP contribution in [0, 0.1) is 0 Å². The second-order valence-corrected chi connectivity index (χ2v) is 9.73. The number of hydrogen-bond donors (Lipinski definition) is 2. The van der Waals surface area contributed by atoms with Crippen molar-refractivity contribution >= 4 is 39.9 Å². The van der Waals surface area contributed by atoms with Crippen LogP contribution >= 0.6 is 39.9 Å². The third-order valence-corrected chi connectivity index (χ3v) is 4.31. The Balaban J connectivity index is 2.64. The van der Waals surface area contributed by atoms with Crippen LogP contribution < -0.4 is 0 Å². The molecule has 0 atom stereocenters. The molecule has 1 aliphatic rings. The van der Waals surface area contributed by atoms with Gasteiger partial charge in [0.25, 0.3) is 0 Å². The summed E-state index contributed by atoms with van der Waals surface area (Å²) < 4.78 is 0.981. The maximum absolute atomic E-state index is 9.83. The van der Waals surface area contributed by atoms with Crippen LogP contribution in [0.1, 0.15) is 11.1 Å². The highest BCUT2D eigenvalue weighted by Crippen LogP contribution is 2.68. The van der Waals surface area contributed by atoms with Crippen LogP contribution in [0.2, 0.25) is 0 Å². The Bertz CT molecular complexity index is 405. The van der Waals surface area contributed by atoms with Gasteiger partial charge >= 0.3 is 0 Å². The molecule has 1 heterocycles. The molecule has 0 radical (unpaired) electrons. The Morgan fingerprint density at radius 3 is 1.73 bits per heavy atom. The predicted octanol–water partition coefficient (Wildman–Crippen LogP) is 3.58. The molecule has 2 N–H and O–H groups in total. The van der Waals surface area contributed by atoms with E-state index in [0.29, 0.717) is 24.0 Å². The van der Waals surface area contributed by atoms with Crippen molar-refractivity contribution in [3.8, 4) is 11.8 Å². The first-order chi connectivity index (χ1) is 6.93. The van der Waals surface area contributed by atoms with Gasteiger partial charge in [-0.15, -0.1) is 0 Å². The standard InChI is InChI=1S/C8H8Cl3NO2S/c9-15(10,11)12-7(13)5-3-1-2-4-6(5)8(12)14/h1-2,13-14H,3-4H2. The number of aromatic hydroxyl groups is 2. The minimum absolute atomic E-state index is 0.151. The minimum atomic E-state index is -2.75. The summed E-state index contributed by atoms with van der Waals surface area (Å²) in [6.45, 7) is 0. The van der Waals surface area contributed by atoms with E-state index in [4.69, 9.17) is 32.0 Å². The monoisotopic (exact) mass is 287 g/mol.